The third-order valence-corrected chi connectivity index (χ3v) is 17.1. The van der Waals surface area contributed by atoms with Crippen molar-refractivity contribution in [1.29, 1.82) is 0 Å². The maximum absolute atomic E-state index is 14.5. The average Bonchev–Trinajstić information content (AvgIpc) is 4.26. The summed E-state index contributed by atoms with van der Waals surface area (Å²) in [6.45, 7) is 1.06. The minimum atomic E-state index is -5.86. The molecule has 25 heteroatoms. The molecule has 81 heavy (non-hydrogen) atoms. The van der Waals surface area contributed by atoms with E-state index in [0.717, 1.165) is 60.3 Å². The molecule has 1 aromatic heterocycles. The first-order valence-electron chi connectivity index (χ1n) is 26.9. The van der Waals surface area contributed by atoms with Crippen molar-refractivity contribution in [1.82, 2.24) is 41.3 Å². The number of piperidine rings is 1. The van der Waals surface area contributed by atoms with Crippen molar-refractivity contribution >= 4 is 82.2 Å². The van der Waals surface area contributed by atoms with E-state index >= 15 is 0 Å². The van der Waals surface area contributed by atoms with Crippen molar-refractivity contribution in [2.75, 3.05) is 26.7 Å². The first kappa shape index (κ1) is 59.7. The summed E-state index contributed by atoms with van der Waals surface area (Å²) in [7, 11) is -4.10. The van der Waals surface area contributed by atoms with Gasteiger partial charge in [-0.25, -0.2) is 0 Å². The van der Waals surface area contributed by atoms with Crippen molar-refractivity contribution < 1.29 is 66.3 Å². The Morgan fingerprint density at radius 3 is 2.40 bits per heavy atom. The van der Waals surface area contributed by atoms with Crippen LogP contribution in [0.2, 0.25) is 0 Å². The second-order valence-electron chi connectivity index (χ2n) is 20.8. The van der Waals surface area contributed by atoms with Crippen molar-refractivity contribution in [2.24, 2.45) is 5.73 Å². The molecule has 0 radical (unpaired) electrons. The number of imide groups is 1. The Labute approximate surface area is 469 Å². The van der Waals surface area contributed by atoms with E-state index in [1.54, 1.807) is 49.5 Å². The molecule has 4 aliphatic heterocycles. The van der Waals surface area contributed by atoms with Gasteiger partial charge in [0.25, 0.3) is 11.8 Å². The second-order valence-corrected chi connectivity index (χ2v) is 23.5. The molecule has 9 amide bonds. The van der Waals surface area contributed by atoms with Crippen LogP contribution in [0.4, 0.5) is 8.78 Å². The van der Waals surface area contributed by atoms with Crippen LogP contribution in [0.15, 0.2) is 72.8 Å². The molecule has 1 unspecified atom stereocenters. The Morgan fingerprint density at radius 2 is 1.65 bits per heavy atom. The molecular weight excluding hydrogens is 1090 g/mol. The van der Waals surface area contributed by atoms with E-state index in [2.05, 4.69) is 38.4 Å². The molecule has 5 heterocycles. The summed E-state index contributed by atoms with van der Waals surface area (Å²) in [5.41, 5.74) is 2.54. The molecule has 8 rings (SSSR count). The lowest BCUT2D eigenvalue weighted by molar-refractivity contribution is -0.144. The number of nitrogens with one attached hydrogen (secondary N) is 5. The van der Waals surface area contributed by atoms with Crippen LogP contribution in [0.3, 0.4) is 0 Å². The number of amides is 9. The Morgan fingerprint density at radius 1 is 0.901 bits per heavy atom. The fourth-order valence-electron chi connectivity index (χ4n) is 10.7. The zero-order chi connectivity index (χ0) is 58.2. The highest BCUT2D eigenvalue weighted by Gasteiger charge is 2.51. The normalized spacial score (nSPS) is 20.2. The highest BCUT2D eigenvalue weighted by molar-refractivity contribution is 7.52. The Bertz CT molecular complexity index is 3220. The van der Waals surface area contributed by atoms with E-state index in [1.807, 2.05) is 11.0 Å². The molecular formula is C56H64F2N9O12PS. The Balaban J connectivity index is 0.843. The molecule has 21 nitrogen and oxygen atoms in total. The summed E-state index contributed by atoms with van der Waals surface area (Å²) in [5, 5.41) is 13.6. The number of benzene rings is 3. The van der Waals surface area contributed by atoms with Gasteiger partial charge in [-0.3, -0.25) is 53.0 Å². The van der Waals surface area contributed by atoms with Crippen LogP contribution in [0, 0.1) is 11.8 Å². The predicted octanol–water partition coefficient (Wildman–Crippen LogP) is 3.80. The number of nitrogens with two attached hydrogens (primary N) is 1. The van der Waals surface area contributed by atoms with Crippen molar-refractivity contribution in [3.8, 4) is 11.8 Å². The predicted molar refractivity (Wildman–Crippen MR) is 293 cm³/mol. The molecule has 0 saturated carbocycles. The quantitative estimate of drug-likeness (QED) is 0.0255. The van der Waals surface area contributed by atoms with Gasteiger partial charge in [-0.15, -0.1) is 11.3 Å². The number of nitrogens with zero attached hydrogens (tertiary/aromatic N) is 3. The van der Waals surface area contributed by atoms with Crippen LogP contribution in [0.1, 0.15) is 132 Å². The van der Waals surface area contributed by atoms with Gasteiger partial charge < -0.3 is 51.5 Å². The average molecular weight is 1160 g/mol. The molecule has 6 atom stereocenters. The summed E-state index contributed by atoms with van der Waals surface area (Å²) < 4.78 is 41.0. The number of hydrogen-bond donors (Lipinski definition) is 8. The second kappa shape index (κ2) is 26.0. The van der Waals surface area contributed by atoms with Gasteiger partial charge in [0.2, 0.25) is 41.4 Å². The highest BCUT2D eigenvalue weighted by Crippen LogP contribution is 2.59. The van der Waals surface area contributed by atoms with Crippen LogP contribution in [-0.2, 0) is 50.3 Å². The van der Waals surface area contributed by atoms with Crippen LogP contribution in [0.5, 0.6) is 0 Å². The Kier molecular flexibility index (Phi) is 19.2. The van der Waals surface area contributed by atoms with Gasteiger partial charge in [0.15, 0.2) is 0 Å². The number of thiophene rings is 1. The number of carbonyl (C=O) groups is 9. The minimum absolute atomic E-state index is 0.0297. The van der Waals surface area contributed by atoms with Crippen LogP contribution >= 0.6 is 18.9 Å². The Hall–Kier alpha value is -7.42. The molecule has 4 aliphatic rings. The summed E-state index contributed by atoms with van der Waals surface area (Å²) in [4.78, 5) is 143. The number of rotatable bonds is 21. The van der Waals surface area contributed by atoms with E-state index in [9.17, 15) is 66.3 Å². The van der Waals surface area contributed by atoms with Gasteiger partial charge in [0.05, 0.1) is 4.88 Å². The van der Waals surface area contributed by atoms with Gasteiger partial charge in [0, 0.05) is 66.3 Å². The summed E-state index contributed by atoms with van der Waals surface area (Å²) in [6, 6.07) is 12.1. The number of unbranched alkanes of at least 4 members (excludes halogenated alkanes) is 5. The molecule has 4 aromatic rings. The standard InChI is InChI=1S/C56H64F2N9O12PS/c1-65-28-26-37-19-21-43(67(37)55(76)41(32-65)62-52(73)45-30-35-29-36(18-23-44(35)81-45)56(57,58)80(77,78)79)51(72)61-40(20-24-46(59)68)49(70)64-48(34-14-9-7-10-15-34)53(74)60-27-11-6-4-2-3-5-8-13-33-16-12-17-38-39(33)31-66(54(38)75)42-22-25-47(69)63-50(42)71/h7,9-10,12,14-18,23,29-30,37,40-43,48H,2-6,11,19-22,24-28,31-32H2,1H3,(H2,59,68)(H,60,74)(H,61,72)(H,62,73)(H,64,70)(H,63,69,71)(H2,77,78,79)/t37-,40+,41+,42?,43+,48+/m1/s1. The number of hydrogen-bond acceptors (Lipinski definition) is 12. The molecule has 9 N–H and O–H groups in total. The molecule has 0 aliphatic carbocycles. The van der Waals surface area contributed by atoms with Crippen LogP contribution in [-0.4, -0.2) is 135 Å². The first-order chi connectivity index (χ1) is 38.6. The minimum Gasteiger partial charge on any atom is -0.370 e. The van der Waals surface area contributed by atoms with E-state index in [4.69, 9.17) is 5.73 Å². The zero-order valence-corrected chi connectivity index (χ0v) is 46.1. The maximum Gasteiger partial charge on any atom is 0.399 e. The van der Waals surface area contributed by atoms with Gasteiger partial charge in [-0.2, -0.15) is 8.78 Å². The molecule has 3 saturated heterocycles. The SMILES string of the molecule is CN1CC[C@H]2CC[C@@H](C(=O)N[C@@H](CCC(N)=O)C(=O)N[C@H](C(=O)NCCCCCCCC#Cc3cccc4c3CN(C3CCC(=O)NC3=O)C4=O)c3ccccc3)N2C(=O)[C@@H](NC(=O)c2cc3cc(C(F)(F)P(=O)(O)O)ccc3s2)C1. The van der Waals surface area contributed by atoms with Gasteiger partial charge in [-0.05, 0) is 105 Å². The number of likely N-dealkylation sites (N-methyl/N-ethyl adjacent to an activating group) is 1. The topological polar surface area (TPSA) is 307 Å². The fraction of sp³-hybridized carbons (Fsp3) is 0.446. The van der Waals surface area contributed by atoms with Gasteiger partial charge >= 0.3 is 13.3 Å². The van der Waals surface area contributed by atoms with Crippen LogP contribution < -0.4 is 32.3 Å². The van der Waals surface area contributed by atoms with Crippen LogP contribution in [0.25, 0.3) is 10.1 Å². The number of fused-ring (bicyclic) bond motifs is 3. The van der Waals surface area contributed by atoms with Crippen molar-refractivity contribution in [2.45, 2.75) is 132 Å². The number of primary amides is 1. The lowest BCUT2D eigenvalue weighted by atomic mass is 10.0. The van der Waals surface area contributed by atoms with E-state index in [0.29, 0.717) is 54.6 Å². The molecule has 3 fully saturated rings. The van der Waals surface area contributed by atoms with E-state index in [-0.39, 0.29) is 67.3 Å². The molecule has 3 aromatic carbocycles. The maximum atomic E-state index is 14.5. The number of alkyl halides is 2. The lowest BCUT2D eigenvalue weighted by Gasteiger charge is -2.38. The first-order valence-corrected chi connectivity index (χ1v) is 29.3. The number of halogens is 2. The van der Waals surface area contributed by atoms with Crippen molar-refractivity contribution in [3.63, 3.8) is 0 Å². The third-order valence-electron chi connectivity index (χ3n) is 15.0. The third kappa shape index (κ3) is 14.2. The molecule has 430 valence electrons. The van der Waals surface area contributed by atoms with Crippen molar-refractivity contribution in [3.05, 3.63) is 105 Å². The number of carbonyl (C=O) groups excluding carboxylic acids is 9. The fourth-order valence-corrected chi connectivity index (χ4v) is 12.1. The van der Waals surface area contributed by atoms with E-state index in [1.165, 1.54) is 21.9 Å². The van der Waals surface area contributed by atoms with E-state index < -0.39 is 96.4 Å². The lowest BCUT2D eigenvalue weighted by Crippen LogP contribution is -2.61. The summed E-state index contributed by atoms with van der Waals surface area (Å²) >= 11 is 0.920. The monoisotopic (exact) mass is 1160 g/mol. The van der Waals surface area contributed by atoms with Gasteiger partial charge in [-0.1, -0.05) is 73.6 Å². The molecule has 0 bridgehead atoms. The largest absolute Gasteiger partial charge is 0.399 e. The van der Waals surface area contributed by atoms with Gasteiger partial charge in [0.1, 0.15) is 30.2 Å². The summed E-state index contributed by atoms with van der Waals surface area (Å²) in [6.07, 6.45) is 5.60. The highest BCUT2D eigenvalue weighted by atomic mass is 32.1. The smallest absolute Gasteiger partial charge is 0.370 e. The molecule has 0 spiro atoms. The zero-order valence-electron chi connectivity index (χ0n) is 44.4. The summed E-state index contributed by atoms with van der Waals surface area (Å²) in [5.74, 6) is 1.27.